The zero-order valence-electron chi connectivity index (χ0n) is 13.6. The van der Waals surface area contributed by atoms with Crippen molar-refractivity contribution in [3.8, 4) is 5.75 Å². The zero-order valence-corrected chi connectivity index (χ0v) is 14.5. The monoisotopic (exact) mass is 367 g/mol. The molecule has 0 radical (unpaired) electrons. The normalized spacial score (nSPS) is 18.4. The third kappa shape index (κ3) is 4.26. The number of nitrogens with zero attached hydrogens (tertiary/aromatic N) is 1. The first kappa shape index (κ1) is 17.6. The molecule has 0 N–H and O–H groups in total. The molecule has 1 unspecified atom stereocenters. The summed E-state index contributed by atoms with van der Waals surface area (Å²) in [5.74, 6) is -0.151. The molecule has 0 bridgehead atoms. The van der Waals surface area contributed by atoms with E-state index in [4.69, 9.17) is 9.15 Å². The number of hydrogen-bond donors (Lipinski definition) is 0. The van der Waals surface area contributed by atoms with Crippen LogP contribution in [0.2, 0.25) is 0 Å². The Balaban J connectivity index is 1.67. The maximum absolute atomic E-state index is 13.7. The third-order valence-corrected chi connectivity index (χ3v) is 5.76. The fourth-order valence-electron chi connectivity index (χ4n) is 2.79. The molecule has 0 spiro atoms. The fourth-order valence-corrected chi connectivity index (χ4v) is 4.37. The van der Waals surface area contributed by atoms with Crippen LogP contribution in [0.3, 0.4) is 0 Å². The molecular weight excluding hydrogens is 349 g/mol. The second-order valence-electron chi connectivity index (χ2n) is 5.96. The minimum absolute atomic E-state index is 0.142. The summed E-state index contributed by atoms with van der Waals surface area (Å²) in [4.78, 5) is 11.4. The summed E-state index contributed by atoms with van der Waals surface area (Å²) in [7, 11) is -3.64. The van der Waals surface area contributed by atoms with Gasteiger partial charge < -0.3 is 9.15 Å². The van der Waals surface area contributed by atoms with Crippen LogP contribution in [0.15, 0.2) is 45.6 Å². The quantitative estimate of drug-likeness (QED) is 0.809. The van der Waals surface area contributed by atoms with Crippen molar-refractivity contribution in [3.05, 3.63) is 64.0 Å². The molecule has 0 aliphatic carbocycles. The van der Waals surface area contributed by atoms with E-state index in [0.717, 1.165) is 0 Å². The Bertz CT molecular complexity index is 925. The van der Waals surface area contributed by atoms with Gasteiger partial charge in [-0.3, -0.25) is 0 Å². The molecule has 0 amide bonds. The summed E-state index contributed by atoms with van der Waals surface area (Å²) in [6.45, 7) is 2.09. The van der Waals surface area contributed by atoms with Gasteiger partial charge in [-0.25, -0.2) is 17.6 Å². The lowest BCUT2D eigenvalue weighted by Gasteiger charge is -2.17. The Hall–Kier alpha value is -2.19. The third-order valence-electron chi connectivity index (χ3n) is 3.97. The van der Waals surface area contributed by atoms with Crippen molar-refractivity contribution in [3.63, 3.8) is 0 Å². The van der Waals surface area contributed by atoms with E-state index in [1.165, 1.54) is 28.6 Å². The maximum atomic E-state index is 13.7. The van der Waals surface area contributed by atoms with Gasteiger partial charge in [0.05, 0.1) is 18.4 Å². The Kier molecular flexibility index (Phi) is 4.91. The zero-order chi connectivity index (χ0) is 18.0. The lowest BCUT2D eigenvalue weighted by atomic mass is 10.2. The highest BCUT2D eigenvalue weighted by molar-refractivity contribution is 7.88. The average molecular weight is 367 g/mol. The van der Waals surface area contributed by atoms with Gasteiger partial charge in [0.2, 0.25) is 10.0 Å². The van der Waals surface area contributed by atoms with Crippen LogP contribution < -0.4 is 10.4 Å². The van der Waals surface area contributed by atoms with Crippen molar-refractivity contribution < 1.29 is 22.0 Å². The number of aryl methyl sites for hydroxylation is 1. The Labute approximate surface area is 144 Å². The molecule has 1 aromatic carbocycles. The van der Waals surface area contributed by atoms with E-state index in [1.54, 1.807) is 19.1 Å². The first-order valence-corrected chi connectivity index (χ1v) is 9.44. The molecule has 1 aliphatic heterocycles. The molecule has 1 saturated heterocycles. The smallest absolute Gasteiger partial charge is 0.339 e. The van der Waals surface area contributed by atoms with Gasteiger partial charge in [0.1, 0.15) is 23.4 Å². The summed E-state index contributed by atoms with van der Waals surface area (Å²) >= 11 is 0. The summed E-state index contributed by atoms with van der Waals surface area (Å²) in [5.41, 5.74) is -0.375. The molecule has 1 aliphatic rings. The number of rotatable bonds is 5. The number of ether oxygens (including phenoxy) is 1. The average Bonchev–Trinajstić information content (AvgIpc) is 2.98. The Morgan fingerprint density at radius 1 is 1.32 bits per heavy atom. The van der Waals surface area contributed by atoms with Gasteiger partial charge in [0.25, 0.3) is 0 Å². The largest absolute Gasteiger partial charge is 0.489 e. The summed E-state index contributed by atoms with van der Waals surface area (Å²) in [6.07, 6.45) is 0.132. The predicted octanol–water partition coefficient (Wildman–Crippen LogP) is 2.07. The Morgan fingerprint density at radius 3 is 2.80 bits per heavy atom. The van der Waals surface area contributed by atoms with Crippen LogP contribution in [0.25, 0.3) is 0 Å². The molecule has 3 rings (SSSR count). The first-order chi connectivity index (χ1) is 11.8. The van der Waals surface area contributed by atoms with Crippen molar-refractivity contribution in [2.75, 3.05) is 13.1 Å². The molecule has 25 heavy (non-hydrogen) atoms. The van der Waals surface area contributed by atoms with Crippen LogP contribution >= 0.6 is 0 Å². The number of halogens is 1. The molecule has 2 aromatic rings. The highest BCUT2D eigenvalue weighted by atomic mass is 32.2. The lowest BCUT2D eigenvalue weighted by molar-refractivity contribution is 0.213. The van der Waals surface area contributed by atoms with Crippen LogP contribution in [0.4, 0.5) is 4.39 Å². The molecule has 1 fully saturated rings. The van der Waals surface area contributed by atoms with Gasteiger partial charge in [0, 0.05) is 18.2 Å². The van der Waals surface area contributed by atoms with E-state index < -0.39 is 21.5 Å². The van der Waals surface area contributed by atoms with Crippen molar-refractivity contribution in [2.24, 2.45) is 0 Å². The van der Waals surface area contributed by atoms with E-state index in [9.17, 15) is 17.6 Å². The van der Waals surface area contributed by atoms with Crippen molar-refractivity contribution >= 4 is 10.0 Å². The van der Waals surface area contributed by atoms with Crippen molar-refractivity contribution in [1.82, 2.24) is 4.31 Å². The van der Waals surface area contributed by atoms with Gasteiger partial charge in [-0.2, -0.15) is 4.31 Å². The fraction of sp³-hybridized carbons (Fsp3) is 0.353. The molecular formula is C17H18FNO5S. The predicted molar refractivity (Wildman–Crippen MR) is 89.3 cm³/mol. The molecule has 134 valence electrons. The van der Waals surface area contributed by atoms with E-state index in [1.807, 2.05) is 0 Å². The minimum Gasteiger partial charge on any atom is -0.489 e. The second kappa shape index (κ2) is 6.97. The van der Waals surface area contributed by atoms with Crippen LogP contribution in [-0.2, 0) is 15.8 Å². The van der Waals surface area contributed by atoms with E-state index in [0.29, 0.717) is 24.5 Å². The van der Waals surface area contributed by atoms with Crippen LogP contribution in [0, 0.1) is 12.7 Å². The highest BCUT2D eigenvalue weighted by Gasteiger charge is 2.33. The molecule has 8 heteroatoms. The Morgan fingerprint density at radius 2 is 2.08 bits per heavy atom. The number of hydrogen-bond acceptors (Lipinski definition) is 5. The van der Waals surface area contributed by atoms with E-state index in [-0.39, 0.29) is 24.0 Å². The maximum Gasteiger partial charge on any atom is 0.339 e. The number of sulfonamides is 1. The van der Waals surface area contributed by atoms with Gasteiger partial charge >= 0.3 is 5.63 Å². The topological polar surface area (TPSA) is 76.8 Å². The minimum atomic E-state index is -3.64. The van der Waals surface area contributed by atoms with Gasteiger partial charge in [-0.15, -0.1) is 0 Å². The van der Waals surface area contributed by atoms with Crippen molar-refractivity contribution in [2.45, 2.75) is 25.2 Å². The summed E-state index contributed by atoms with van der Waals surface area (Å²) in [5, 5.41) is 0. The number of benzene rings is 1. The van der Waals surface area contributed by atoms with Gasteiger partial charge in [0.15, 0.2) is 0 Å². The summed E-state index contributed by atoms with van der Waals surface area (Å²) < 4.78 is 50.5. The van der Waals surface area contributed by atoms with E-state index in [2.05, 4.69) is 0 Å². The lowest BCUT2D eigenvalue weighted by Crippen LogP contribution is -2.32. The van der Waals surface area contributed by atoms with Gasteiger partial charge in [-0.1, -0.05) is 18.2 Å². The van der Waals surface area contributed by atoms with Gasteiger partial charge in [-0.05, 0) is 19.4 Å². The van der Waals surface area contributed by atoms with Crippen LogP contribution in [0.5, 0.6) is 5.75 Å². The van der Waals surface area contributed by atoms with Crippen LogP contribution in [0.1, 0.15) is 17.7 Å². The van der Waals surface area contributed by atoms with Crippen molar-refractivity contribution in [1.29, 1.82) is 0 Å². The molecule has 1 aromatic heterocycles. The standard InChI is InChI=1S/C17H18FNO5S/c1-12-8-15(9-17(20)23-12)24-14-6-7-19(10-14)25(21,22)11-13-4-2-3-5-16(13)18/h2-5,8-9,14H,6-7,10-11H2,1H3. The SMILES string of the molecule is Cc1cc(OC2CCN(S(=O)(=O)Cc3ccccc3F)C2)cc(=O)o1. The first-order valence-electron chi connectivity index (χ1n) is 7.83. The summed E-state index contributed by atoms with van der Waals surface area (Å²) in [6, 6.07) is 8.63. The van der Waals surface area contributed by atoms with E-state index >= 15 is 0 Å². The molecule has 0 saturated carbocycles. The molecule has 1 atom stereocenters. The highest BCUT2D eigenvalue weighted by Crippen LogP contribution is 2.22. The van der Waals surface area contributed by atoms with Crippen LogP contribution in [-0.4, -0.2) is 31.9 Å². The molecule has 2 heterocycles. The second-order valence-corrected chi connectivity index (χ2v) is 7.93. The molecule has 6 nitrogen and oxygen atoms in total.